The minimum atomic E-state index is -0.650. The van der Waals surface area contributed by atoms with Crippen LogP contribution in [0.4, 0.5) is 26.0 Å². The summed E-state index contributed by atoms with van der Waals surface area (Å²) in [7, 11) is 3.89. The number of hydrogen-bond acceptors (Lipinski definition) is 5. The number of aromatic nitrogens is 2. The van der Waals surface area contributed by atoms with Gasteiger partial charge in [0.1, 0.15) is 23.8 Å². The van der Waals surface area contributed by atoms with Gasteiger partial charge in [0.2, 0.25) is 5.91 Å². The molecule has 0 aliphatic rings. The number of carbonyl (C=O) groups excluding carboxylic acids is 1. The maximum Gasteiger partial charge on any atom is 0.247 e. The number of fused-ring (bicyclic) bond motifs is 1. The van der Waals surface area contributed by atoms with E-state index in [9.17, 15) is 13.6 Å². The van der Waals surface area contributed by atoms with Gasteiger partial charge < -0.3 is 10.6 Å². The van der Waals surface area contributed by atoms with Crippen LogP contribution >= 0.6 is 0 Å². The molecule has 192 valence electrons. The van der Waals surface area contributed by atoms with Gasteiger partial charge in [0, 0.05) is 22.7 Å². The molecule has 0 aliphatic carbocycles. The lowest BCUT2D eigenvalue weighted by Crippen LogP contribution is -2.36. The second kappa shape index (κ2) is 10.8. The van der Waals surface area contributed by atoms with E-state index in [4.69, 9.17) is 0 Å². The molecule has 6 nitrogen and oxygen atoms in total. The van der Waals surface area contributed by atoms with Gasteiger partial charge in [-0.15, -0.1) is 0 Å². The van der Waals surface area contributed by atoms with Gasteiger partial charge in [-0.05, 0) is 76.0 Å². The van der Waals surface area contributed by atoms with Crippen LogP contribution in [-0.2, 0) is 4.79 Å². The van der Waals surface area contributed by atoms with Gasteiger partial charge in [0.25, 0.3) is 0 Å². The fourth-order valence-electron chi connectivity index (χ4n) is 3.55. The number of anilines is 3. The van der Waals surface area contributed by atoms with Gasteiger partial charge in [0.05, 0.1) is 22.3 Å². The highest BCUT2D eigenvalue weighted by Gasteiger charge is 2.17. The van der Waals surface area contributed by atoms with Crippen LogP contribution in [0.1, 0.15) is 19.4 Å². The first-order valence-corrected chi connectivity index (χ1v) is 11.8. The minimum absolute atomic E-state index is 0.279. The highest BCUT2D eigenvalue weighted by molar-refractivity contribution is 6.03. The van der Waals surface area contributed by atoms with E-state index < -0.39 is 17.2 Å². The lowest BCUT2D eigenvalue weighted by Gasteiger charge is -2.26. The third-order valence-corrected chi connectivity index (χ3v) is 6.21. The van der Waals surface area contributed by atoms with Gasteiger partial charge >= 0.3 is 0 Å². The molecule has 8 heteroatoms. The van der Waals surface area contributed by atoms with Gasteiger partial charge in [-0.25, -0.2) is 18.7 Å². The van der Waals surface area contributed by atoms with Crippen molar-refractivity contribution >= 4 is 34.0 Å². The van der Waals surface area contributed by atoms with Crippen molar-refractivity contribution in [1.82, 2.24) is 14.9 Å². The van der Waals surface area contributed by atoms with E-state index in [1.54, 1.807) is 30.3 Å². The molecule has 2 N–H and O–H groups in total. The number of hydrogen-bond donors (Lipinski definition) is 2. The maximum atomic E-state index is 14.4. The molecule has 38 heavy (non-hydrogen) atoms. The first kappa shape index (κ1) is 26.5. The van der Waals surface area contributed by atoms with Crippen molar-refractivity contribution in [1.29, 1.82) is 0 Å². The molecule has 0 atom stereocenters. The summed E-state index contributed by atoms with van der Waals surface area (Å²) in [6.45, 7) is 7.53. The monoisotopic (exact) mass is 511 g/mol. The van der Waals surface area contributed by atoms with Crippen molar-refractivity contribution in [2.45, 2.75) is 19.4 Å². The third-order valence-electron chi connectivity index (χ3n) is 6.21. The lowest BCUT2D eigenvalue weighted by atomic mass is 10.0. The quantitative estimate of drug-likeness (QED) is 0.241. The van der Waals surface area contributed by atoms with Crippen molar-refractivity contribution in [2.24, 2.45) is 0 Å². The SMILES string of the molecule is C=CC(=O)Nc1cc2c(Nc3cccc(-c4ccc(F)cc4F)c3)ncnc2cc1C#CC(C)(C)N(C)C. The molecule has 0 saturated carbocycles. The normalized spacial score (nSPS) is 11.1. The predicted octanol–water partition coefficient (Wildman–Crippen LogP) is 6.13. The number of nitrogens with one attached hydrogen (secondary N) is 2. The summed E-state index contributed by atoms with van der Waals surface area (Å²) in [5, 5.41) is 6.71. The molecule has 3 aromatic carbocycles. The van der Waals surface area contributed by atoms with Crippen LogP contribution in [0, 0.1) is 23.5 Å². The number of carbonyl (C=O) groups is 1. The number of rotatable bonds is 6. The van der Waals surface area contributed by atoms with E-state index in [2.05, 4.69) is 39.0 Å². The predicted molar refractivity (Wildman–Crippen MR) is 148 cm³/mol. The van der Waals surface area contributed by atoms with E-state index in [1.165, 1.54) is 24.5 Å². The molecule has 0 spiro atoms. The van der Waals surface area contributed by atoms with Gasteiger partial charge in [0.15, 0.2) is 0 Å². The van der Waals surface area contributed by atoms with E-state index in [-0.39, 0.29) is 11.5 Å². The average Bonchev–Trinajstić information content (AvgIpc) is 2.88. The van der Waals surface area contributed by atoms with Gasteiger partial charge in [-0.1, -0.05) is 30.6 Å². The highest BCUT2D eigenvalue weighted by Crippen LogP contribution is 2.31. The zero-order valence-corrected chi connectivity index (χ0v) is 21.6. The molecule has 0 bridgehead atoms. The Hall–Kier alpha value is -4.61. The van der Waals surface area contributed by atoms with Crippen molar-refractivity contribution in [2.75, 3.05) is 24.7 Å². The van der Waals surface area contributed by atoms with E-state index in [0.29, 0.717) is 39.2 Å². The molecule has 4 rings (SSSR count). The molecule has 1 heterocycles. The molecule has 1 aromatic heterocycles. The van der Waals surface area contributed by atoms with Crippen molar-refractivity contribution in [3.63, 3.8) is 0 Å². The Morgan fingerprint density at radius 1 is 1.08 bits per heavy atom. The molecular weight excluding hydrogens is 484 g/mol. The molecule has 0 aliphatic heterocycles. The summed E-state index contributed by atoms with van der Waals surface area (Å²) < 4.78 is 27.7. The summed E-state index contributed by atoms with van der Waals surface area (Å²) in [6.07, 6.45) is 2.61. The first-order chi connectivity index (χ1) is 18.1. The van der Waals surface area contributed by atoms with E-state index in [1.807, 2.05) is 38.9 Å². The minimum Gasteiger partial charge on any atom is -0.340 e. The summed E-state index contributed by atoms with van der Waals surface area (Å²) >= 11 is 0. The highest BCUT2D eigenvalue weighted by atomic mass is 19.1. The Bertz CT molecular complexity index is 1600. The van der Waals surface area contributed by atoms with Crippen LogP contribution < -0.4 is 10.6 Å². The molecule has 1 amide bonds. The molecule has 4 aromatic rings. The van der Waals surface area contributed by atoms with E-state index >= 15 is 0 Å². The zero-order valence-electron chi connectivity index (χ0n) is 21.6. The second-order valence-corrected chi connectivity index (χ2v) is 9.36. The van der Waals surface area contributed by atoms with Crippen molar-refractivity contribution in [3.8, 4) is 23.0 Å². The first-order valence-electron chi connectivity index (χ1n) is 11.8. The smallest absolute Gasteiger partial charge is 0.247 e. The second-order valence-electron chi connectivity index (χ2n) is 9.36. The van der Waals surface area contributed by atoms with Gasteiger partial charge in [-0.3, -0.25) is 9.69 Å². The average molecular weight is 512 g/mol. The van der Waals surface area contributed by atoms with Crippen molar-refractivity contribution in [3.05, 3.63) is 90.8 Å². The van der Waals surface area contributed by atoms with E-state index in [0.717, 1.165) is 6.07 Å². The Morgan fingerprint density at radius 3 is 2.58 bits per heavy atom. The fourth-order valence-corrected chi connectivity index (χ4v) is 3.55. The number of halogens is 2. The molecular formula is C30H27F2N5O. The summed E-state index contributed by atoms with van der Waals surface area (Å²) in [6, 6.07) is 14.1. The third kappa shape index (κ3) is 5.85. The van der Waals surface area contributed by atoms with Crippen LogP contribution in [0.25, 0.3) is 22.0 Å². The topological polar surface area (TPSA) is 70.1 Å². The van der Waals surface area contributed by atoms with Crippen LogP contribution in [0.2, 0.25) is 0 Å². The Morgan fingerprint density at radius 2 is 1.87 bits per heavy atom. The molecule has 0 unspecified atom stereocenters. The van der Waals surface area contributed by atoms with Gasteiger partial charge in [-0.2, -0.15) is 0 Å². The summed E-state index contributed by atoms with van der Waals surface area (Å²) in [5.41, 5.74) is 2.80. The molecule has 0 fully saturated rings. The standard InChI is InChI=1S/C30H27F2N5O/c1-6-28(38)36-26-17-24-27(15-20(26)12-13-30(2,3)37(4)5)33-18-34-29(24)35-22-9-7-8-19(14-22)23-11-10-21(31)16-25(23)32/h6-11,14-18H,1H2,2-5H3,(H,36,38)(H,33,34,35). The largest absolute Gasteiger partial charge is 0.340 e. The summed E-state index contributed by atoms with van der Waals surface area (Å²) in [5.74, 6) is 5.24. The lowest BCUT2D eigenvalue weighted by molar-refractivity contribution is -0.111. The number of nitrogens with zero attached hydrogens (tertiary/aromatic N) is 3. The maximum absolute atomic E-state index is 14.4. The zero-order chi connectivity index (χ0) is 27.4. The molecule has 0 radical (unpaired) electrons. The van der Waals surface area contributed by atoms with Crippen LogP contribution in [-0.4, -0.2) is 40.4 Å². The Kier molecular flexibility index (Phi) is 7.51. The van der Waals surface area contributed by atoms with Crippen LogP contribution in [0.15, 0.2) is 73.6 Å². The van der Waals surface area contributed by atoms with Crippen molar-refractivity contribution < 1.29 is 13.6 Å². The number of amides is 1. The Balaban J connectivity index is 1.77. The Labute approximate surface area is 220 Å². The number of benzene rings is 3. The van der Waals surface area contributed by atoms with Crippen LogP contribution in [0.5, 0.6) is 0 Å². The van der Waals surface area contributed by atoms with Crippen LogP contribution in [0.3, 0.4) is 0 Å². The molecule has 0 saturated heterocycles. The summed E-state index contributed by atoms with van der Waals surface area (Å²) in [4.78, 5) is 23.0. The fraction of sp³-hybridized carbons (Fsp3) is 0.167.